The molecule has 12 heterocycles. The maximum atomic E-state index is 15.9. The molecule has 9 aliphatic rings. The van der Waals surface area contributed by atoms with Crippen LogP contribution in [0.1, 0.15) is 239 Å². The lowest BCUT2D eigenvalue weighted by atomic mass is 9.87. The number of likely N-dealkylation sites (tertiary alicyclic amines) is 4. The summed E-state index contributed by atoms with van der Waals surface area (Å²) in [5.41, 5.74) is 4.54. The summed E-state index contributed by atoms with van der Waals surface area (Å²) < 4.78 is 195. The highest BCUT2D eigenvalue weighted by Crippen LogP contribution is 2.54. The summed E-state index contributed by atoms with van der Waals surface area (Å²) in [5.74, 6) is -4.70. The smallest absolute Gasteiger partial charge is 0.143 e. The second kappa shape index (κ2) is 45.2. The minimum Gasteiger partial charge on any atom is -0.488 e. The number of aromatic amines is 4. The molecule has 0 radical (unpaired) electrons. The van der Waals surface area contributed by atoms with Crippen molar-refractivity contribution >= 4 is 55.2 Å². The zero-order valence-corrected chi connectivity index (χ0v) is 87.9. The van der Waals surface area contributed by atoms with Crippen LogP contribution in [0.2, 0.25) is 5.02 Å². The number of nitrogens with zero attached hydrogens (tertiary/aromatic N) is 8. The number of halogens is 12. The van der Waals surface area contributed by atoms with Crippen LogP contribution in [0, 0.1) is 52.0 Å². The molecule has 12 aromatic rings. The van der Waals surface area contributed by atoms with Gasteiger partial charge in [0.15, 0.2) is 0 Å². The monoisotopic (exact) mass is 2070 g/mol. The molecule has 148 heavy (non-hydrogen) atoms. The van der Waals surface area contributed by atoms with E-state index in [1.165, 1.54) is 76.2 Å². The molecule has 8 aliphatic heterocycles. The van der Waals surface area contributed by atoms with Gasteiger partial charge in [-0.1, -0.05) is 120 Å². The second-order valence-electron chi connectivity index (χ2n) is 44.5. The molecule has 8 aromatic carbocycles. The van der Waals surface area contributed by atoms with E-state index >= 15 is 43.9 Å². The van der Waals surface area contributed by atoms with Crippen molar-refractivity contribution in [2.24, 2.45) is 5.41 Å². The number of alkyl halides is 3. The van der Waals surface area contributed by atoms with Crippen molar-refractivity contribution in [3.63, 3.8) is 0 Å². The van der Waals surface area contributed by atoms with Crippen LogP contribution in [0.4, 0.5) is 48.3 Å². The van der Waals surface area contributed by atoms with Gasteiger partial charge in [-0.05, 0) is 204 Å². The fourth-order valence-corrected chi connectivity index (χ4v) is 23.7. The lowest BCUT2D eigenvalue weighted by Gasteiger charge is -2.43. The first-order valence-electron chi connectivity index (χ1n) is 53.4. The van der Waals surface area contributed by atoms with Gasteiger partial charge in [-0.3, -0.25) is 39.2 Å². The maximum absolute atomic E-state index is 15.9. The van der Waals surface area contributed by atoms with Crippen LogP contribution in [0.5, 0.6) is 23.0 Å². The number of hydrogen-bond acceptors (Lipinski definition) is 15. The van der Waals surface area contributed by atoms with Crippen molar-refractivity contribution < 1.29 is 82.6 Å². The molecule has 1 aliphatic carbocycles. The Hall–Kier alpha value is -9.80. The lowest BCUT2D eigenvalue weighted by molar-refractivity contribution is 0.0153. The molecule has 10 atom stereocenters. The Kier molecular flexibility index (Phi) is 33.0. The highest BCUT2D eigenvalue weighted by Gasteiger charge is 2.51. The molecule has 31 heteroatoms. The molecule has 0 spiro atoms. The summed E-state index contributed by atoms with van der Waals surface area (Å²) in [6.45, 7) is 31.3. The average Bonchev–Trinajstić information content (AvgIpc) is 1.57. The Bertz CT molecular complexity index is 6100. The fraction of sp³-hybridized carbons (Fsp3) is 0.521. The first kappa shape index (κ1) is 108. The summed E-state index contributed by atoms with van der Waals surface area (Å²) in [5, 5.41) is 33.9. The standard InChI is InChI=1S/C30H37F2N3O2.C29H35ClF3N3O.2C29H36F3N3O2/c1-3-4-11-34-15-21(16-34)37-20-13-24(31)27(25(32)14-20)29-28-23(22-7-5-6-8-26(22)33-28)12-19(2)35(29)17-30(18-36)9-10-30;1-5-6-9-35-14-20(15-35)37-19-12-23(31)26(24(32)13-19)28-27-22(10-17(2)36(28)16-29(3,4)33)21-11-18(30)7-8-25(21)34-27;2*1-4-5-10-34-14-20(15-34)37-19-12-23(30)26(24(31)13-19)28-27-22(21-8-6-7-9-25(21)33-27)11-18(2)35(28)16-29(3,32)17-36/h5-8,13-14,19,21,29,33,36H,3-4,9-12,15-18H2,1-2H3;7-8,11-13,17,20,28,34H,5-6,9-10,14-16H2,1-4H3;2*6-9,12-13,18,20,28,33,36H,4-5,10-11,14-17H2,1-3H3/t19-,29-;17-,28-;18-,28-,29+;18-,28-,29-/m1111/s1. The first-order valence-corrected chi connectivity index (χ1v) is 53.8. The third-order valence-corrected chi connectivity index (χ3v) is 31.9. The van der Waals surface area contributed by atoms with E-state index in [-0.39, 0.29) is 125 Å². The Morgan fingerprint density at radius 3 is 0.872 bits per heavy atom. The highest BCUT2D eigenvalue weighted by atomic mass is 35.5. The van der Waals surface area contributed by atoms with Crippen molar-refractivity contribution in [1.82, 2.24) is 59.1 Å². The van der Waals surface area contributed by atoms with Crippen molar-refractivity contribution in [3.05, 3.63) is 258 Å². The number of unbranched alkanes of at least 4 members (excludes halogenated alkanes) is 4. The Labute approximate surface area is 866 Å². The molecular formula is C117H144ClF11N12O7. The van der Waals surface area contributed by atoms with Gasteiger partial charge in [-0.15, -0.1) is 0 Å². The normalized spacial score (nSPS) is 22.5. The third-order valence-electron chi connectivity index (χ3n) is 31.7. The summed E-state index contributed by atoms with van der Waals surface area (Å²) >= 11 is 6.27. The van der Waals surface area contributed by atoms with Crippen molar-refractivity contribution in [1.29, 1.82) is 0 Å². The van der Waals surface area contributed by atoms with Crippen molar-refractivity contribution in [3.8, 4) is 23.0 Å². The van der Waals surface area contributed by atoms with Gasteiger partial charge in [-0.25, -0.2) is 48.3 Å². The van der Waals surface area contributed by atoms with Crippen LogP contribution < -0.4 is 18.9 Å². The van der Waals surface area contributed by atoms with E-state index in [9.17, 15) is 19.7 Å². The number of aromatic nitrogens is 4. The largest absolute Gasteiger partial charge is 0.488 e. The number of hydrogen-bond donors (Lipinski definition) is 7. The van der Waals surface area contributed by atoms with Gasteiger partial charge in [-0.2, -0.15) is 0 Å². The first-order chi connectivity index (χ1) is 70.8. The van der Waals surface area contributed by atoms with Crippen molar-refractivity contribution in [2.45, 2.75) is 263 Å². The van der Waals surface area contributed by atoms with E-state index in [0.717, 1.165) is 221 Å². The molecule has 19 nitrogen and oxygen atoms in total. The summed E-state index contributed by atoms with van der Waals surface area (Å²) in [6.07, 6.45) is 13.2. The molecule has 0 unspecified atom stereocenters. The van der Waals surface area contributed by atoms with Gasteiger partial charge < -0.3 is 54.2 Å². The summed E-state index contributed by atoms with van der Waals surface area (Å²) in [7, 11) is 0. The predicted molar refractivity (Wildman–Crippen MR) is 561 cm³/mol. The topological polar surface area (TPSA) is 187 Å². The molecule has 1 saturated carbocycles. The number of nitrogens with one attached hydrogen (secondary N) is 4. The number of para-hydroxylation sites is 3. The molecule has 0 amide bonds. The second-order valence-corrected chi connectivity index (χ2v) is 45.0. The SMILES string of the molecule is CCCCN1CC(Oc2cc(F)c([C@@H]3c4[nH]c5ccc(Cl)cc5c4C[C@@H](C)N3CC(C)(C)F)c(F)c2)C1.CCCCN1CC(Oc2cc(F)c([C@@H]3c4[nH]c5ccccc5c4C[C@@H](C)N3CC3(CO)CC3)c(F)c2)C1.CCCCN1CC(Oc2cc(F)c([C@@H]3c4[nH]c5ccccc5c4C[C@@H](C)N3C[C@@](C)(F)CO)c(F)c2)C1.CCCCN1CC(Oc2cc(F)c([C@@H]3c4[nH]c5ccccc5c4C[C@@H](C)N3C[C@](C)(F)CO)c(F)c2)C1. The molecule has 7 N–H and O–H groups in total. The number of aliphatic hydroxyl groups is 3. The Morgan fingerprint density at radius 1 is 0.351 bits per heavy atom. The molecule has 4 aromatic heterocycles. The molecule has 21 rings (SSSR count). The highest BCUT2D eigenvalue weighted by molar-refractivity contribution is 6.31. The van der Waals surface area contributed by atoms with E-state index in [1.807, 2.05) is 105 Å². The molecule has 4 saturated heterocycles. The molecule has 5 fully saturated rings. The average molecular weight is 2070 g/mol. The number of aliphatic hydroxyl groups excluding tert-OH is 3. The van der Waals surface area contributed by atoms with Crippen LogP contribution >= 0.6 is 11.6 Å². The predicted octanol–water partition coefficient (Wildman–Crippen LogP) is 23.2. The van der Waals surface area contributed by atoms with Crippen LogP contribution in [-0.2, 0) is 25.7 Å². The van der Waals surface area contributed by atoms with Gasteiger partial charge >= 0.3 is 0 Å². The minimum atomic E-state index is -1.93. The van der Waals surface area contributed by atoms with Gasteiger partial charge in [0.2, 0.25) is 0 Å². The maximum Gasteiger partial charge on any atom is 0.143 e. The van der Waals surface area contributed by atoms with E-state index in [2.05, 4.69) is 85.1 Å². The van der Waals surface area contributed by atoms with E-state index in [1.54, 1.807) is 15.9 Å². The van der Waals surface area contributed by atoms with Crippen LogP contribution in [0.3, 0.4) is 0 Å². The quantitative estimate of drug-likeness (QED) is 0.0186. The van der Waals surface area contributed by atoms with Gasteiger partial charge in [0.05, 0.1) is 37.4 Å². The van der Waals surface area contributed by atoms with E-state index < -0.39 is 101 Å². The molecule has 798 valence electrons. The number of rotatable bonds is 35. The molecule has 0 bridgehead atoms. The van der Waals surface area contributed by atoms with Crippen molar-refractivity contribution in [2.75, 3.05) is 125 Å². The summed E-state index contributed by atoms with van der Waals surface area (Å²) in [4.78, 5) is 30.3. The van der Waals surface area contributed by atoms with Crippen LogP contribution in [-0.4, -0.2) is 265 Å². The van der Waals surface area contributed by atoms with Crippen LogP contribution in [0.25, 0.3) is 43.6 Å². The minimum absolute atomic E-state index is 0.0290. The van der Waals surface area contributed by atoms with E-state index in [4.69, 9.17) is 30.5 Å². The number of H-pyrrole nitrogens is 4. The summed E-state index contributed by atoms with van der Waals surface area (Å²) in [6, 6.07) is 35.6. The number of ether oxygens (including phenoxy) is 4. The van der Waals surface area contributed by atoms with Crippen LogP contribution in [0.15, 0.2) is 140 Å². The Morgan fingerprint density at radius 2 is 0.608 bits per heavy atom. The van der Waals surface area contributed by atoms with Gasteiger partial charge in [0.25, 0.3) is 0 Å². The van der Waals surface area contributed by atoms with Gasteiger partial charge in [0, 0.05) is 257 Å². The lowest BCUT2D eigenvalue weighted by Crippen LogP contribution is -2.53. The Balaban J connectivity index is 0.000000129. The van der Waals surface area contributed by atoms with E-state index in [0.29, 0.717) is 47.9 Å². The third kappa shape index (κ3) is 23.4. The fourth-order valence-electron chi connectivity index (χ4n) is 23.5. The number of fused-ring (bicyclic) bond motifs is 12. The zero-order chi connectivity index (χ0) is 105. The molecular weight excluding hydrogens is 1930 g/mol. The zero-order valence-electron chi connectivity index (χ0n) is 87.1. The van der Waals surface area contributed by atoms with Gasteiger partial charge in [0.1, 0.15) is 111 Å². The number of benzene rings is 8.